The van der Waals surface area contributed by atoms with Gasteiger partial charge in [-0.25, -0.2) is 19.9 Å². The molecule has 0 unspecified atom stereocenters. The predicted octanol–water partition coefficient (Wildman–Crippen LogP) is 2.22. The van der Waals surface area contributed by atoms with Gasteiger partial charge in [0.2, 0.25) is 11.9 Å². The fraction of sp³-hybridized carbons (Fsp3) is 0.500. The third-order valence-corrected chi connectivity index (χ3v) is 5.69. The fourth-order valence-corrected chi connectivity index (χ4v) is 3.69. The molecule has 2 fully saturated rings. The number of morpholine rings is 1. The van der Waals surface area contributed by atoms with Gasteiger partial charge in [0, 0.05) is 25.2 Å². The van der Waals surface area contributed by atoms with Gasteiger partial charge in [-0.15, -0.1) is 0 Å². The molecule has 1 saturated heterocycles. The minimum absolute atomic E-state index is 0.0372. The van der Waals surface area contributed by atoms with E-state index in [1.54, 1.807) is 12.3 Å². The molecule has 1 amide bonds. The minimum atomic E-state index is 0.0372. The molecule has 1 N–H and O–H groups in total. The van der Waals surface area contributed by atoms with Crippen LogP contribution in [0.25, 0.3) is 0 Å². The Morgan fingerprint density at radius 1 is 1.19 bits per heavy atom. The van der Waals surface area contributed by atoms with Crippen molar-refractivity contribution < 1.29 is 9.53 Å². The summed E-state index contributed by atoms with van der Waals surface area (Å²) in [5.74, 6) is 1.45. The lowest BCUT2D eigenvalue weighted by molar-refractivity contribution is -0.117. The molecule has 27 heavy (non-hydrogen) atoms. The van der Waals surface area contributed by atoms with Crippen LogP contribution in [0.2, 0.25) is 0 Å². The van der Waals surface area contributed by atoms with Gasteiger partial charge in [0.15, 0.2) is 5.16 Å². The first-order valence-electron chi connectivity index (χ1n) is 9.10. The van der Waals surface area contributed by atoms with Crippen LogP contribution in [0.5, 0.6) is 0 Å². The van der Waals surface area contributed by atoms with Gasteiger partial charge < -0.3 is 15.0 Å². The van der Waals surface area contributed by atoms with Gasteiger partial charge in [-0.1, -0.05) is 0 Å². The molecule has 0 bridgehead atoms. The second-order valence-electron chi connectivity index (χ2n) is 6.71. The van der Waals surface area contributed by atoms with E-state index >= 15 is 0 Å². The van der Waals surface area contributed by atoms with Crippen LogP contribution in [0.3, 0.4) is 0 Å². The molecular formula is C18H22N6O2S. The zero-order valence-corrected chi connectivity index (χ0v) is 16.3. The minimum Gasteiger partial charge on any atom is -0.378 e. The lowest BCUT2D eigenvalue weighted by Crippen LogP contribution is -2.37. The standard InChI is InChI=1S/C18H22N6O2S/c1-11-15(12(2)21-17(20-11)24-7-9-26-10-8-24)27-18-19-6-5-14(23-18)22-16(25)13-3-4-13/h5-6,13H,3-4,7-10H2,1-2H3,(H,19,22,23,25). The highest BCUT2D eigenvalue weighted by atomic mass is 32.2. The van der Waals surface area contributed by atoms with Crippen molar-refractivity contribution in [2.75, 3.05) is 36.5 Å². The average Bonchev–Trinajstić information content (AvgIpc) is 3.51. The van der Waals surface area contributed by atoms with Gasteiger partial charge in [-0.3, -0.25) is 4.79 Å². The fourth-order valence-electron chi connectivity index (χ4n) is 2.87. The number of hydrogen-bond donors (Lipinski definition) is 1. The van der Waals surface area contributed by atoms with Crippen molar-refractivity contribution in [1.82, 2.24) is 19.9 Å². The first-order chi connectivity index (χ1) is 13.1. The van der Waals surface area contributed by atoms with E-state index in [1.807, 2.05) is 13.8 Å². The molecule has 1 aliphatic carbocycles. The van der Waals surface area contributed by atoms with E-state index in [0.717, 1.165) is 48.2 Å². The third-order valence-electron chi connectivity index (χ3n) is 4.51. The number of carbonyl (C=O) groups excluding carboxylic acids is 1. The summed E-state index contributed by atoms with van der Waals surface area (Å²) in [6.07, 6.45) is 3.58. The number of amides is 1. The highest BCUT2D eigenvalue weighted by molar-refractivity contribution is 7.99. The predicted molar refractivity (Wildman–Crippen MR) is 102 cm³/mol. The lowest BCUT2D eigenvalue weighted by atomic mass is 10.3. The molecule has 0 radical (unpaired) electrons. The summed E-state index contributed by atoms with van der Waals surface area (Å²) in [6, 6.07) is 1.71. The van der Waals surface area contributed by atoms with Crippen molar-refractivity contribution in [3.8, 4) is 0 Å². The van der Waals surface area contributed by atoms with E-state index in [2.05, 4.69) is 30.2 Å². The maximum Gasteiger partial charge on any atom is 0.228 e. The van der Waals surface area contributed by atoms with Crippen molar-refractivity contribution in [3.63, 3.8) is 0 Å². The lowest BCUT2D eigenvalue weighted by Gasteiger charge is -2.27. The molecule has 1 saturated carbocycles. The summed E-state index contributed by atoms with van der Waals surface area (Å²) in [5.41, 5.74) is 1.79. The average molecular weight is 386 g/mol. The largest absolute Gasteiger partial charge is 0.378 e. The number of rotatable bonds is 5. The zero-order chi connectivity index (χ0) is 18.8. The van der Waals surface area contributed by atoms with Crippen molar-refractivity contribution in [3.05, 3.63) is 23.7 Å². The molecule has 1 aliphatic heterocycles. The quantitative estimate of drug-likeness (QED) is 0.782. The van der Waals surface area contributed by atoms with Gasteiger partial charge in [0.25, 0.3) is 0 Å². The Labute approximate surface area is 162 Å². The van der Waals surface area contributed by atoms with Gasteiger partial charge in [-0.2, -0.15) is 0 Å². The highest BCUT2D eigenvalue weighted by Gasteiger charge is 2.29. The molecule has 3 heterocycles. The second kappa shape index (κ2) is 7.77. The summed E-state index contributed by atoms with van der Waals surface area (Å²) in [4.78, 5) is 33.1. The third kappa shape index (κ3) is 4.36. The first-order valence-corrected chi connectivity index (χ1v) is 9.91. The summed E-state index contributed by atoms with van der Waals surface area (Å²) in [7, 11) is 0. The number of anilines is 2. The van der Waals surface area contributed by atoms with Gasteiger partial charge in [-0.05, 0) is 44.5 Å². The highest BCUT2D eigenvalue weighted by Crippen LogP contribution is 2.32. The van der Waals surface area contributed by atoms with E-state index in [4.69, 9.17) is 4.74 Å². The smallest absolute Gasteiger partial charge is 0.228 e. The molecule has 2 aliphatic rings. The van der Waals surface area contributed by atoms with Crippen molar-refractivity contribution in [1.29, 1.82) is 0 Å². The molecule has 0 atom stereocenters. The number of carbonyl (C=O) groups is 1. The maximum atomic E-state index is 11.9. The second-order valence-corrected chi connectivity index (χ2v) is 7.69. The van der Waals surface area contributed by atoms with E-state index in [1.165, 1.54) is 11.8 Å². The molecule has 142 valence electrons. The summed E-state index contributed by atoms with van der Waals surface area (Å²) >= 11 is 1.42. The molecule has 2 aromatic rings. The monoisotopic (exact) mass is 386 g/mol. The number of aryl methyl sites for hydroxylation is 2. The molecular weight excluding hydrogens is 364 g/mol. The van der Waals surface area contributed by atoms with Crippen LogP contribution >= 0.6 is 11.8 Å². The molecule has 2 aromatic heterocycles. The van der Waals surface area contributed by atoms with Crippen molar-refractivity contribution in [2.24, 2.45) is 5.92 Å². The van der Waals surface area contributed by atoms with Crippen molar-refractivity contribution >= 4 is 29.4 Å². The number of aromatic nitrogens is 4. The Morgan fingerprint density at radius 2 is 1.89 bits per heavy atom. The maximum absolute atomic E-state index is 11.9. The number of nitrogens with one attached hydrogen (secondary N) is 1. The topological polar surface area (TPSA) is 93.1 Å². The molecule has 4 rings (SSSR count). The Bertz CT molecular complexity index is 828. The van der Waals surface area contributed by atoms with Crippen LogP contribution in [0.1, 0.15) is 24.2 Å². The summed E-state index contributed by atoms with van der Waals surface area (Å²) < 4.78 is 5.39. The van der Waals surface area contributed by atoms with E-state index in [9.17, 15) is 4.79 Å². The Hall–Kier alpha value is -2.26. The van der Waals surface area contributed by atoms with E-state index in [0.29, 0.717) is 24.2 Å². The Morgan fingerprint density at radius 3 is 2.56 bits per heavy atom. The number of nitrogens with zero attached hydrogens (tertiary/aromatic N) is 5. The van der Waals surface area contributed by atoms with E-state index < -0.39 is 0 Å². The Balaban J connectivity index is 1.51. The number of ether oxygens (including phenoxy) is 1. The SMILES string of the molecule is Cc1nc(N2CCOCC2)nc(C)c1Sc1nccc(NC(=O)C2CC2)n1. The summed E-state index contributed by atoms with van der Waals surface area (Å²) in [6.45, 7) is 6.95. The molecule has 8 nitrogen and oxygen atoms in total. The van der Waals surface area contributed by atoms with Crippen LogP contribution in [0.4, 0.5) is 11.8 Å². The molecule has 9 heteroatoms. The van der Waals surface area contributed by atoms with Crippen LogP contribution in [-0.2, 0) is 9.53 Å². The van der Waals surface area contributed by atoms with E-state index in [-0.39, 0.29) is 11.8 Å². The van der Waals surface area contributed by atoms with Gasteiger partial charge in [0.05, 0.1) is 29.5 Å². The van der Waals surface area contributed by atoms with Crippen LogP contribution in [0, 0.1) is 19.8 Å². The molecule has 0 aromatic carbocycles. The van der Waals surface area contributed by atoms with Crippen LogP contribution < -0.4 is 10.2 Å². The van der Waals surface area contributed by atoms with Crippen LogP contribution in [-0.4, -0.2) is 52.1 Å². The van der Waals surface area contributed by atoms with Gasteiger partial charge in [0.1, 0.15) is 5.82 Å². The molecule has 0 spiro atoms. The van der Waals surface area contributed by atoms with Gasteiger partial charge >= 0.3 is 0 Å². The Kier molecular flexibility index (Phi) is 5.22. The summed E-state index contributed by atoms with van der Waals surface area (Å²) in [5, 5.41) is 3.43. The van der Waals surface area contributed by atoms with Crippen LogP contribution in [0.15, 0.2) is 22.3 Å². The zero-order valence-electron chi connectivity index (χ0n) is 15.4. The van der Waals surface area contributed by atoms with Crippen molar-refractivity contribution in [2.45, 2.75) is 36.7 Å². The number of hydrogen-bond acceptors (Lipinski definition) is 8. The normalized spacial score (nSPS) is 17.0. The first kappa shape index (κ1) is 18.1.